The van der Waals surface area contributed by atoms with Gasteiger partial charge < -0.3 is 25.8 Å². The van der Waals surface area contributed by atoms with Crippen LogP contribution in [0.4, 0.5) is 28.7 Å². The maximum Gasteiger partial charge on any atom is 0.263 e. The Bertz CT molecular complexity index is 1890. The first-order valence-corrected chi connectivity index (χ1v) is 14.4. The number of benzene rings is 4. The van der Waals surface area contributed by atoms with E-state index in [1.165, 1.54) is 37.4 Å². The summed E-state index contributed by atoms with van der Waals surface area (Å²) in [5.74, 6) is -0.0526. The Morgan fingerprint density at radius 3 is 2.33 bits per heavy atom. The maximum absolute atomic E-state index is 13.5. The molecule has 1 aromatic heterocycles. The first kappa shape index (κ1) is 28.5. The molecule has 5 rings (SSSR count). The van der Waals surface area contributed by atoms with E-state index in [0.717, 1.165) is 0 Å². The molecule has 0 aliphatic carbocycles. The summed E-state index contributed by atoms with van der Waals surface area (Å²) in [5.41, 5.74) is 2.25. The van der Waals surface area contributed by atoms with Crippen LogP contribution < -0.4 is 25.4 Å². The van der Waals surface area contributed by atoms with Crippen LogP contribution in [0.5, 0.6) is 11.5 Å². The summed E-state index contributed by atoms with van der Waals surface area (Å²) in [6.45, 7) is -0.0828. The Hall–Kier alpha value is -5.07. The molecule has 11 nitrogen and oxygen atoms in total. The fraction of sp³-hybridized carbons (Fsp3) is 0.0690. The van der Waals surface area contributed by atoms with E-state index < -0.39 is 15.9 Å². The highest BCUT2D eigenvalue weighted by atomic mass is 35.5. The molecule has 0 aliphatic heterocycles. The maximum atomic E-state index is 13.5. The number of phenolic OH excluding ortho intramolecular Hbond substituents is 1. The molecule has 214 valence electrons. The Kier molecular flexibility index (Phi) is 8.27. The van der Waals surface area contributed by atoms with Crippen molar-refractivity contribution < 1.29 is 23.1 Å². The van der Waals surface area contributed by atoms with Gasteiger partial charge in [0.2, 0.25) is 5.91 Å². The van der Waals surface area contributed by atoms with Gasteiger partial charge in [0.15, 0.2) is 11.6 Å². The monoisotopic (exact) mass is 604 g/mol. The van der Waals surface area contributed by atoms with E-state index >= 15 is 0 Å². The van der Waals surface area contributed by atoms with Crippen molar-refractivity contribution in [1.29, 1.82) is 0 Å². The Labute approximate surface area is 246 Å². The molecule has 0 atom stereocenters. The number of ether oxygens (including phenoxy) is 1. The molecule has 4 aromatic carbocycles. The number of fused-ring (bicyclic) bond motifs is 1. The number of carbonyl (C=O) groups is 1. The van der Waals surface area contributed by atoms with Gasteiger partial charge in [-0.2, -0.15) is 0 Å². The van der Waals surface area contributed by atoms with Gasteiger partial charge in [-0.3, -0.25) is 9.52 Å². The van der Waals surface area contributed by atoms with Crippen LogP contribution in [0.2, 0.25) is 5.02 Å². The first-order valence-electron chi connectivity index (χ1n) is 12.5. The van der Waals surface area contributed by atoms with Gasteiger partial charge in [-0.15, -0.1) is 0 Å². The second-order valence-corrected chi connectivity index (χ2v) is 11.1. The molecular weight excluding hydrogens is 580 g/mol. The topological polar surface area (TPSA) is 155 Å². The third-order valence-electron chi connectivity index (χ3n) is 5.93. The van der Waals surface area contributed by atoms with Crippen molar-refractivity contribution in [1.82, 2.24) is 9.97 Å². The van der Waals surface area contributed by atoms with Gasteiger partial charge in [0, 0.05) is 29.6 Å². The first-order chi connectivity index (χ1) is 20.2. The summed E-state index contributed by atoms with van der Waals surface area (Å²) in [5, 5.41) is 19.2. The molecule has 0 saturated heterocycles. The minimum Gasteiger partial charge on any atom is -0.508 e. The summed E-state index contributed by atoms with van der Waals surface area (Å²) in [6, 6.07) is 24.3. The van der Waals surface area contributed by atoms with Crippen LogP contribution in [0.1, 0.15) is 0 Å². The molecule has 0 bridgehead atoms. The van der Waals surface area contributed by atoms with Crippen LogP contribution >= 0.6 is 11.6 Å². The van der Waals surface area contributed by atoms with Crippen molar-refractivity contribution in [3.05, 3.63) is 96.0 Å². The van der Waals surface area contributed by atoms with Crippen molar-refractivity contribution in [2.24, 2.45) is 0 Å². The summed E-state index contributed by atoms with van der Waals surface area (Å²) < 4.78 is 34.7. The Morgan fingerprint density at radius 1 is 0.881 bits per heavy atom. The van der Waals surface area contributed by atoms with Gasteiger partial charge in [0.1, 0.15) is 11.5 Å². The second kappa shape index (κ2) is 12.2. The summed E-state index contributed by atoms with van der Waals surface area (Å²) in [4.78, 5) is 21.4. The minimum atomic E-state index is -4.19. The lowest BCUT2D eigenvalue weighted by Gasteiger charge is -2.15. The number of aromatic nitrogens is 2. The van der Waals surface area contributed by atoms with E-state index in [1.54, 1.807) is 60.7 Å². The van der Waals surface area contributed by atoms with E-state index in [-0.39, 0.29) is 34.5 Å². The lowest BCUT2D eigenvalue weighted by molar-refractivity contribution is -0.114. The zero-order valence-electron chi connectivity index (χ0n) is 22.1. The van der Waals surface area contributed by atoms with Crippen molar-refractivity contribution >= 4 is 67.3 Å². The van der Waals surface area contributed by atoms with Crippen molar-refractivity contribution in [2.75, 3.05) is 34.3 Å². The highest BCUT2D eigenvalue weighted by molar-refractivity contribution is 7.92. The zero-order chi connectivity index (χ0) is 29.7. The fourth-order valence-corrected chi connectivity index (χ4v) is 5.24. The van der Waals surface area contributed by atoms with E-state index in [0.29, 0.717) is 33.2 Å². The van der Waals surface area contributed by atoms with E-state index in [9.17, 15) is 18.3 Å². The lowest BCUT2D eigenvalue weighted by Crippen LogP contribution is -2.22. The standard InChI is InChI=1S/C29H25ClN6O5S/c1-41-21-14-19(13-20(37)16-21)33-28-29(35-26-12-5-4-11-25(26)34-28)36-42(39,40)22-8-6-7-18(15-22)32-27(38)17-31-24-10-3-2-9-23(24)30/h2-16,31,37H,17H2,1H3,(H,32,38)(H,33,34)(H,35,36). The van der Waals surface area contributed by atoms with Gasteiger partial charge in [-0.1, -0.05) is 41.9 Å². The molecule has 42 heavy (non-hydrogen) atoms. The smallest absolute Gasteiger partial charge is 0.263 e. The number of halogens is 1. The molecule has 0 saturated carbocycles. The largest absolute Gasteiger partial charge is 0.508 e. The number of nitrogens with zero attached hydrogens (tertiary/aromatic N) is 2. The highest BCUT2D eigenvalue weighted by Gasteiger charge is 2.20. The van der Waals surface area contributed by atoms with Crippen LogP contribution in [0, 0.1) is 0 Å². The van der Waals surface area contributed by atoms with Crippen molar-refractivity contribution in [2.45, 2.75) is 4.90 Å². The third kappa shape index (κ3) is 6.79. The number of phenols is 1. The molecular formula is C29H25ClN6O5S. The Morgan fingerprint density at radius 2 is 1.60 bits per heavy atom. The highest BCUT2D eigenvalue weighted by Crippen LogP contribution is 2.31. The summed E-state index contributed by atoms with van der Waals surface area (Å²) >= 11 is 6.12. The van der Waals surface area contributed by atoms with Crippen LogP contribution in [-0.4, -0.2) is 43.1 Å². The molecule has 0 aliphatic rings. The van der Waals surface area contributed by atoms with E-state index in [2.05, 4.69) is 30.6 Å². The number of para-hydroxylation sites is 3. The zero-order valence-corrected chi connectivity index (χ0v) is 23.7. The molecule has 5 aromatic rings. The van der Waals surface area contributed by atoms with Crippen molar-refractivity contribution in [3.63, 3.8) is 0 Å². The molecule has 1 amide bonds. The average molecular weight is 605 g/mol. The average Bonchev–Trinajstić information content (AvgIpc) is 2.96. The van der Waals surface area contributed by atoms with E-state index in [1.807, 2.05) is 0 Å². The van der Waals surface area contributed by atoms with Gasteiger partial charge in [0.05, 0.1) is 40.3 Å². The number of hydrogen-bond acceptors (Lipinski definition) is 9. The normalized spacial score (nSPS) is 11.1. The molecule has 0 fully saturated rings. The molecule has 5 N–H and O–H groups in total. The number of hydrogen-bond donors (Lipinski definition) is 5. The number of aromatic hydroxyl groups is 1. The molecule has 13 heteroatoms. The predicted molar refractivity (Wildman–Crippen MR) is 163 cm³/mol. The SMILES string of the molecule is COc1cc(O)cc(Nc2nc3ccccc3nc2NS(=O)(=O)c2cccc(NC(=O)CNc3ccccc3Cl)c2)c1. The molecule has 0 radical (unpaired) electrons. The van der Waals surface area contributed by atoms with Crippen LogP contribution in [0.3, 0.4) is 0 Å². The van der Waals surface area contributed by atoms with Crippen LogP contribution in [-0.2, 0) is 14.8 Å². The van der Waals surface area contributed by atoms with Crippen molar-refractivity contribution in [3.8, 4) is 11.5 Å². The fourth-order valence-electron chi connectivity index (χ4n) is 3.98. The quantitative estimate of drug-likeness (QED) is 0.137. The molecule has 0 spiro atoms. The summed E-state index contributed by atoms with van der Waals surface area (Å²) in [6.07, 6.45) is 0. The third-order valence-corrected chi connectivity index (χ3v) is 7.60. The van der Waals surface area contributed by atoms with Gasteiger partial charge in [-0.05, 0) is 42.5 Å². The predicted octanol–water partition coefficient (Wildman–Crippen LogP) is 5.59. The number of sulfonamides is 1. The minimum absolute atomic E-state index is 0.0614. The second-order valence-electron chi connectivity index (χ2n) is 8.97. The number of methoxy groups -OCH3 is 1. The number of carbonyl (C=O) groups excluding carboxylic acids is 1. The van der Waals surface area contributed by atoms with Crippen LogP contribution in [0.25, 0.3) is 11.0 Å². The van der Waals surface area contributed by atoms with Gasteiger partial charge >= 0.3 is 0 Å². The number of anilines is 5. The van der Waals surface area contributed by atoms with Crippen LogP contribution in [0.15, 0.2) is 95.9 Å². The Balaban J connectivity index is 1.38. The van der Waals surface area contributed by atoms with Gasteiger partial charge in [-0.25, -0.2) is 18.4 Å². The molecule has 1 heterocycles. The molecule has 0 unspecified atom stereocenters. The van der Waals surface area contributed by atoms with E-state index in [4.69, 9.17) is 16.3 Å². The number of amides is 1. The number of nitrogens with one attached hydrogen (secondary N) is 4. The number of rotatable bonds is 10. The van der Waals surface area contributed by atoms with Gasteiger partial charge in [0.25, 0.3) is 10.0 Å². The summed E-state index contributed by atoms with van der Waals surface area (Å²) in [7, 11) is -2.73. The lowest BCUT2D eigenvalue weighted by atomic mass is 10.2.